The summed E-state index contributed by atoms with van der Waals surface area (Å²) < 4.78 is 10.2. The Labute approximate surface area is 341 Å². The largest absolute Gasteiger partial charge is 0.309 e. The van der Waals surface area contributed by atoms with Gasteiger partial charge >= 0.3 is 0 Å². The van der Waals surface area contributed by atoms with Crippen LogP contribution < -0.4 is 0 Å². The molecule has 0 amide bonds. The third-order valence-corrected chi connectivity index (χ3v) is 14.5. The molecule has 9 aromatic carbocycles. The van der Waals surface area contributed by atoms with Crippen LogP contribution in [0.4, 0.5) is 0 Å². The third kappa shape index (κ3) is 4.58. The zero-order valence-corrected chi connectivity index (χ0v) is 32.8. The fourth-order valence-electron chi connectivity index (χ4n) is 9.56. The first-order chi connectivity index (χ1) is 28.8. The van der Waals surface area contributed by atoms with Crippen LogP contribution in [0.2, 0.25) is 0 Å². The molecular formula is C54H32N2S2. The van der Waals surface area contributed by atoms with Crippen molar-refractivity contribution in [1.82, 2.24) is 9.13 Å². The van der Waals surface area contributed by atoms with Gasteiger partial charge in [0.25, 0.3) is 0 Å². The molecule has 0 spiro atoms. The van der Waals surface area contributed by atoms with E-state index in [1.807, 2.05) is 22.7 Å². The number of hydrogen-bond acceptors (Lipinski definition) is 2. The summed E-state index contributed by atoms with van der Waals surface area (Å²) in [5.41, 5.74) is 12.1. The quantitative estimate of drug-likeness (QED) is 0.169. The second-order valence-electron chi connectivity index (χ2n) is 15.3. The summed E-state index contributed by atoms with van der Waals surface area (Å²) in [5.74, 6) is 0. The van der Waals surface area contributed by atoms with E-state index < -0.39 is 0 Å². The number of aromatic nitrogens is 2. The van der Waals surface area contributed by atoms with Crippen molar-refractivity contribution in [2.45, 2.75) is 0 Å². The fourth-order valence-corrected chi connectivity index (χ4v) is 11.9. The molecule has 0 saturated carbocycles. The van der Waals surface area contributed by atoms with Crippen LogP contribution in [-0.2, 0) is 0 Å². The predicted molar refractivity (Wildman–Crippen MR) is 252 cm³/mol. The Balaban J connectivity index is 1.07. The molecule has 2 nitrogen and oxygen atoms in total. The van der Waals surface area contributed by atoms with Crippen molar-refractivity contribution < 1.29 is 0 Å². The van der Waals surface area contributed by atoms with E-state index in [-0.39, 0.29) is 0 Å². The minimum atomic E-state index is 1.16. The van der Waals surface area contributed by atoms with Gasteiger partial charge in [0.1, 0.15) is 0 Å². The number of nitrogens with zero attached hydrogens (tertiary/aromatic N) is 2. The molecule has 13 aromatic rings. The fraction of sp³-hybridized carbons (Fsp3) is 0. The molecule has 0 N–H and O–H groups in total. The molecule has 4 aromatic heterocycles. The van der Waals surface area contributed by atoms with Crippen molar-refractivity contribution in [3.63, 3.8) is 0 Å². The lowest BCUT2D eigenvalue weighted by Crippen LogP contribution is -1.96. The summed E-state index contributed by atoms with van der Waals surface area (Å²) >= 11 is 3.77. The molecule has 270 valence electrons. The Kier molecular flexibility index (Phi) is 6.79. The first-order valence-electron chi connectivity index (χ1n) is 19.8. The highest BCUT2D eigenvalue weighted by Gasteiger charge is 2.21. The Morgan fingerprint density at radius 1 is 0.293 bits per heavy atom. The molecule has 0 radical (unpaired) electrons. The highest BCUT2D eigenvalue weighted by Crippen LogP contribution is 2.46. The number of rotatable bonds is 4. The standard InChI is InChI=1S/C54H32N2S2/c1-2-13-35(14-3-1)56-48-22-9-4-15-38(48)42-20-12-19-37(53(42)56)33-25-27-49-44(29-33)39-16-5-8-21-47(39)55(49)36-31-43(54-46(32-36)41-18-7-11-24-51(41)58-54)34-26-28-52-45(30-34)40-17-6-10-23-50(40)57-52/h1-32H. The van der Waals surface area contributed by atoms with Crippen LogP contribution >= 0.6 is 22.7 Å². The van der Waals surface area contributed by atoms with E-state index in [1.54, 1.807) is 0 Å². The van der Waals surface area contributed by atoms with Gasteiger partial charge in [-0.3, -0.25) is 0 Å². The summed E-state index contributed by atoms with van der Waals surface area (Å²) in [5, 5.41) is 10.3. The van der Waals surface area contributed by atoms with Crippen LogP contribution in [0.1, 0.15) is 0 Å². The van der Waals surface area contributed by atoms with Gasteiger partial charge in [-0.2, -0.15) is 0 Å². The molecule has 4 heterocycles. The van der Waals surface area contributed by atoms with Crippen LogP contribution in [-0.4, -0.2) is 9.13 Å². The van der Waals surface area contributed by atoms with E-state index in [0.717, 1.165) is 5.69 Å². The molecule has 0 bridgehead atoms. The van der Waals surface area contributed by atoms with Crippen LogP contribution in [0, 0.1) is 0 Å². The first-order valence-corrected chi connectivity index (χ1v) is 21.4. The zero-order valence-electron chi connectivity index (χ0n) is 31.2. The normalized spacial score (nSPS) is 12.1. The molecule has 0 atom stereocenters. The number of fused-ring (bicyclic) bond motifs is 12. The van der Waals surface area contributed by atoms with Crippen molar-refractivity contribution in [2.24, 2.45) is 0 Å². The molecule has 0 aliphatic carbocycles. The van der Waals surface area contributed by atoms with Crippen molar-refractivity contribution in [2.75, 3.05) is 0 Å². The number of benzene rings is 9. The topological polar surface area (TPSA) is 9.86 Å². The van der Waals surface area contributed by atoms with E-state index in [4.69, 9.17) is 0 Å². The molecule has 0 fully saturated rings. The molecule has 0 unspecified atom stereocenters. The van der Waals surface area contributed by atoms with Gasteiger partial charge in [0.15, 0.2) is 0 Å². The SMILES string of the molecule is c1ccc(-n2c3ccccc3c3cccc(-c4ccc5c(c4)c4ccccc4n5-c4cc(-c5ccc6sc7ccccc7c6c5)c5sc6ccccc6c5c4)c32)cc1. The number of hydrogen-bond donors (Lipinski definition) is 0. The third-order valence-electron chi connectivity index (χ3n) is 12.1. The second kappa shape index (κ2) is 12.3. The van der Waals surface area contributed by atoms with Crippen molar-refractivity contribution in [1.29, 1.82) is 0 Å². The summed E-state index contributed by atoms with van der Waals surface area (Å²) in [6.07, 6.45) is 0. The van der Waals surface area contributed by atoms with Gasteiger partial charge < -0.3 is 9.13 Å². The number of para-hydroxylation sites is 4. The highest BCUT2D eigenvalue weighted by molar-refractivity contribution is 7.26. The predicted octanol–water partition coefficient (Wildman–Crippen LogP) is 16.0. The maximum absolute atomic E-state index is 2.49. The lowest BCUT2D eigenvalue weighted by Gasteiger charge is -2.13. The summed E-state index contributed by atoms with van der Waals surface area (Å²) in [6.45, 7) is 0. The van der Waals surface area contributed by atoms with Gasteiger partial charge in [-0.1, -0.05) is 121 Å². The second-order valence-corrected chi connectivity index (χ2v) is 17.4. The Morgan fingerprint density at radius 3 is 1.67 bits per heavy atom. The Hall–Kier alpha value is -6.98. The first kappa shape index (κ1) is 32.1. The minimum Gasteiger partial charge on any atom is -0.309 e. The molecule has 0 saturated heterocycles. The molecule has 0 aliphatic rings. The molecule has 58 heavy (non-hydrogen) atoms. The Bertz CT molecular complexity index is 3800. The molecule has 13 rings (SSSR count). The minimum absolute atomic E-state index is 1.16. The van der Waals surface area contributed by atoms with Gasteiger partial charge in [0.05, 0.1) is 22.1 Å². The summed E-state index contributed by atoms with van der Waals surface area (Å²) in [6, 6.07) is 71.9. The lowest BCUT2D eigenvalue weighted by atomic mass is 9.99. The van der Waals surface area contributed by atoms with Crippen LogP contribution in [0.25, 0.3) is 118 Å². The summed E-state index contributed by atoms with van der Waals surface area (Å²) in [7, 11) is 0. The average Bonchev–Trinajstić information content (AvgIpc) is 4.04. The van der Waals surface area contributed by atoms with E-state index in [2.05, 4.69) is 203 Å². The van der Waals surface area contributed by atoms with E-state index in [1.165, 1.54) is 112 Å². The smallest absolute Gasteiger partial charge is 0.0619 e. The van der Waals surface area contributed by atoms with Crippen molar-refractivity contribution in [3.8, 4) is 33.6 Å². The maximum atomic E-state index is 2.49. The molecular weight excluding hydrogens is 741 g/mol. The van der Waals surface area contributed by atoms with Crippen molar-refractivity contribution >= 4 is 107 Å². The van der Waals surface area contributed by atoms with E-state index in [0.29, 0.717) is 0 Å². The van der Waals surface area contributed by atoms with Crippen LogP contribution in [0.3, 0.4) is 0 Å². The van der Waals surface area contributed by atoms with Crippen molar-refractivity contribution in [3.05, 3.63) is 194 Å². The molecule has 0 aliphatic heterocycles. The van der Waals surface area contributed by atoms with Gasteiger partial charge in [-0.25, -0.2) is 0 Å². The van der Waals surface area contributed by atoms with E-state index >= 15 is 0 Å². The summed E-state index contributed by atoms with van der Waals surface area (Å²) in [4.78, 5) is 0. The highest BCUT2D eigenvalue weighted by atomic mass is 32.1. The van der Waals surface area contributed by atoms with E-state index in [9.17, 15) is 0 Å². The average molecular weight is 773 g/mol. The molecule has 4 heteroatoms. The van der Waals surface area contributed by atoms with Crippen LogP contribution in [0.5, 0.6) is 0 Å². The van der Waals surface area contributed by atoms with Gasteiger partial charge in [0, 0.05) is 84.4 Å². The van der Waals surface area contributed by atoms with Gasteiger partial charge in [0.2, 0.25) is 0 Å². The van der Waals surface area contributed by atoms with Gasteiger partial charge in [-0.05, 0) is 83.9 Å². The van der Waals surface area contributed by atoms with Gasteiger partial charge in [-0.15, -0.1) is 22.7 Å². The lowest BCUT2D eigenvalue weighted by molar-refractivity contribution is 1.18. The van der Waals surface area contributed by atoms with Crippen LogP contribution in [0.15, 0.2) is 194 Å². The number of thiophene rings is 2. The Morgan fingerprint density at radius 2 is 0.862 bits per heavy atom. The monoisotopic (exact) mass is 772 g/mol. The maximum Gasteiger partial charge on any atom is 0.0619 e. The zero-order chi connectivity index (χ0) is 37.9.